The smallest absolute Gasteiger partial charge is 0.131 e. The van der Waals surface area contributed by atoms with Crippen LogP contribution in [0.25, 0.3) is 0 Å². The molecule has 1 aromatic carbocycles. The predicted molar refractivity (Wildman–Crippen MR) is 84.5 cm³/mol. The van der Waals surface area contributed by atoms with Crippen LogP contribution < -0.4 is 5.32 Å². The van der Waals surface area contributed by atoms with E-state index < -0.39 is 0 Å². The largest absolute Gasteiger partial charge is 0.381 e. The molecule has 21 heavy (non-hydrogen) atoms. The van der Waals surface area contributed by atoms with Crippen LogP contribution in [-0.4, -0.2) is 11.5 Å². The van der Waals surface area contributed by atoms with Crippen LogP contribution in [-0.2, 0) is 6.42 Å². The molecule has 0 aliphatic heterocycles. The molecule has 3 rings (SSSR count). The molecule has 1 aliphatic carbocycles. The third-order valence-electron chi connectivity index (χ3n) is 3.85. The van der Waals surface area contributed by atoms with Gasteiger partial charge in [0.25, 0.3) is 0 Å². The third kappa shape index (κ3) is 2.79. The van der Waals surface area contributed by atoms with E-state index in [4.69, 9.17) is 11.6 Å². The first-order valence-corrected chi connectivity index (χ1v) is 7.36. The lowest BCUT2D eigenvalue weighted by Crippen LogP contribution is -2.04. The molecule has 1 unspecified atom stereocenters. The number of hydrogen-bond donors (Lipinski definition) is 1. The molecule has 0 saturated carbocycles. The fourth-order valence-electron chi connectivity index (χ4n) is 2.89. The molecule has 0 bridgehead atoms. The van der Waals surface area contributed by atoms with Crippen LogP contribution >= 0.6 is 11.6 Å². The molecule has 2 nitrogen and oxygen atoms in total. The Kier molecular flexibility index (Phi) is 3.93. The molecule has 0 spiro atoms. The Morgan fingerprint density at radius 3 is 2.86 bits per heavy atom. The van der Waals surface area contributed by atoms with Gasteiger partial charge < -0.3 is 5.32 Å². The van der Waals surface area contributed by atoms with Crippen LogP contribution in [0.2, 0.25) is 5.15 Å². The third-order valence-corrected chi connectivity index (χ3v) is 4.04. The number of aromatic nitrogens is 1. The van der Waals surface area contributed by atoms with Crippen molar-refractivity contribution in [3.8, 4) is 0 Å². The number of halogens is 2. The minimum Gasteiger partial charge on any atom is -0.381 e. The molecule has 0 saturated heterocycles. The van der Waals surface area contributed by atoms with E-state index in [1.807, 2.05) is 24.3 Å². The van der Waals surface area contributed by atoms with Crippen molar-refractivity contribution in [3.63, 3.8) is 0 Å². The number of fused-ring (bicyclic) bond motifs is 1. The van der Waals surface area contributed by atoms with Gasteiger partial charge in [-0.05, 0) is 42.2 Å². The molecule has 1 aliphatic rings. The number of benzene rings is 1. The lowest BCUT2D eigenvalue weighted by atomic mass is 9.96. The van der Waals surface area contributed by atoms with Gasteiger partial charge in [-0.1, -0.05) is 29.8 Å². The van der Waals surface area contributed by atoms with Gasteiger partial charge >= 0.3 is 0 Å². The zero-order chi connectivity index (χ0) is 14.8. The van der Waals surface area contributed by atoms with Crippen molar-refractivity contribution in [2.45, 2.75) is 18.8 Å². The molecule has 4 heteroatoms. The summed E-state index contributed by atoms with van der Waals surface area (Å²) in [6, 6.07) is 8.50. The first kappa shape index (κ1) is 14.1. The predicted octanol–water partition coefficient (Wildman–Crippen LogP) is 4.55. The highest BCUT2D eigenvalue weighted by Crippen LogP contribution is 2.41. The first-order valence-electron chi connectivity index (χ1n) is 6.98. The van der Waals surface area contributed by atoms with Gasteiger partial charge in [-0.15, -0.1) is 6.58 Å². The van der Waals surface area contributed by atoms with E-state index in [9.17, 15) is 4.39 Å². The SMILES string of the molecule is C=CCNc1cc(Cl)nc2c1CCC2c1ccc(F)cc1. The van der Waals surface area contributed by atoms with Gasteiger partial charge in [0, 0.05) is 18.2 Å². The molecule has 0 fully saturated rings. The Hall–Kier alpha value is -1.87. The molecule has 0 radical (unpaired) electrons. The number of anilines is 1. The highest BCUT2D eigenvalue weighted by Gasteiger charge is 2.28. The van der Waals surface area contributed by atoms with E-state index in [2.05, 4.69) is 16.9 Å². The second kappa shape index (κ2) is 5.86. The van der Waals surface area contributed by atoms with Gasteiger partial charge in [0.1, 0.15) is 11.0 Å². The number of pyridine rings is 1. The highest BCUT2D eigenvalue weighted by molar-refractivity contribution is 6.29. The summed E-state index contributed by atoms with van der Waals surface area (Å²) < 4.78 is 13.1. The lowest BCUT2D eigenvalue weighted by Gasteiger charge is -2.14. The molecule has 1 heterocycles. The minimum atomic E-state index is -0.218. The summed E-state index contributed by atoms with van der Waals surface area (Å²) in [4.78, 5) is 4.51. The average molecular weight is 303 g/mol. The fraction of sp³-hybridized carbons (Fsp3) is 0.235. The van der Waals surface area contributed by atoms with Crippen molar-refractivity contribution in [2.75, 3.05) is 11.9 Å². The maximum absolute atomic E-state index is 13.1. The zero-order valence-electron chi connectivity index (χ0n) is 11.6. The summed E-state index contributed by atoms with van der Waals surface area (Å²) >= 11 is 6.15. The van der Waals surface area contributed by atoms with Gasteiger partial charge in [0.2, 0.25) is 0 Å². The lowest BCUT2D eigenvalue weighted by molar-refractivity contribution is 0.625. The Bertz CT molecular complexity index is 667. The van der Waals surface area contributed by atoms with Crippen molar-refractivity contribution in [1.29, 1.82) is 0 Å². The van der Waals surface area contributed by atoms with Crippen molar-refractivity contribution in [1.82, 2.24) is 4.98 Å². The molecule has 0 amide bonds. The van der Waals surface area contributed by atoms with Gasteiger partial charge in [-0.2, -0.15) is 0 Å². The molecule has 2 aromatic rings. The van der Waals surface area contributed by atoms with Crippen molar-refractivity contribution < 1.29 is 4.39 Å². The van der Waals surface area contributed by atoms with E-state index in [-0.39, 0.29) is 11.7 Å². The maximum Gasteiger partial charge on any atom is 0.131 e. The second-order valence-corrected chi connectivity index (χ2v) is 5.56. The average Bonchev–Trinajstić information content (AvgIpc) is 2.89. The Labute approximate surface area is 128 Å². The topological polar surface area (TPSA) is 24.9 Å². The van der Waals surface area contributed by atoms with E-state index in [1.54, 1.807) is 0 Å². The number of nitrogens with zero attached hydrogens (tertiary/aromatic N) is 1. The van der Waals surface area contributed by atoms with E-state index >= 15 is 0 Å². The fourth-order valence-corrected chi connectivity index (χ4v) is 3.10. The molecule has 108 valence electrons. The molecule has 1 N–H and O–H groups in total. The summed E-state index contributed by atoms with van der Waals surface area (Å²) in [5.41, 5.74) is 4.31. The van der Waals surface area contributed by atoms with Crippen molar-refractivity contribution in [3.05, 3.63) is 70.8 Å². The summed E-state index contributed by atoms with van der Waals surface area (Å²) in [6.45, 7) is 4.40. The monoisotopic (exact) mass is 302 g/mol. The van der Waals surface area contributed by atoms with Crippen molar-refractivity contribution >= 4 is 17.3 Å². The van der Waals surface area contributed by atoms with Crippen LogP contribution in [0.1, 0.15) is 29.2 Å². The number of rotatable bonds is 4. The van der Waals surface area contributed by atoms with Gasteiger partial charge in [0.05, 0.1) is 5.69 Å². The van der Waals surface area contributed by atoms with Gasteiger partial charge in [-0.3, -0.25) is 0 Å². The Morgan fingerprint density at radius 1 is 1.38 bits per heavy atom. The number of hydrogen-bond acceptors (Lipinski definition) is 2. The number of nitrogens with one attached hydrogen (secondary N) is 1. The van der Waals surface area contributed by atoms with Crippen LogP contribution in [0.4, 0.5) is 10.1 Å². The molecule has 1 aromatic heterocycles. The maximum atomic E-state index is 13.1. The second-order valence-electron chi connectivity index (χ2n) is 5.17. The van der Waals surface area contributed by atoms with E-state index in [0.29, 0.717) is 11.7 Å². The molecular weight excluding hydrogens is 287 g/mol. The Balaban J connectivity index is 1.99. The molecule has 1 atom stereocenters. The summed E-state index contributed by atoms with van der Waals surface area (Å²) in [5, 5.41) is 3.80. The minimum absolute atomic E-state index is 0.184. The standard InChI is InChI=1S/C17H16ClFN2/c1-2-9-20-15-10-16(18)21-17-13(7-8-14(15)17)11-3-5-12(19)6-4-11/h2-6,10,13H,1,7-9H2,(H,20,21). The van der Waals surface area contributed by atoms with E-state index in [0.717, 1.165) is 29.8 Å². The van der Waals surface area contributed by atoms with Crippen LogP contribution in [0, 0.1) is 5.82 Å². The van der Waals surface area contributed by atoms with Crippen LogP contribution in [0.5, 0.6) is 0 Å². The van der Waals surface area contributed by atoms with Gasteiger partial charge in [0.15, 0.2) is 0 Å². The van der Waals surface area contributed by atoms with Crippen molar-refractivity contribution in [2.24, 2.45) is 0 Å². The molecular formula is C17H16ClFN2. The van der Waals surface area contributed by atoms with Crippen LogP contribution in [0.3, 0.4) is 0 Å². The summed E-state index contributed by atoms with van der Waals surface area (Å²) in [7, 11) is 0. The Morgan fingerprint density at radius 2 is 2.14 bits per heavy atom. The van der Waals surface area contributed by atoms with Gasteiger partial charge in [-0.25, -0.2) is 9.37 Å². The zero-order valence-corrected chi connectivity index (χ0v) is 12.3. The first-order chi connectivity index (χ1) is 10.2. The highest BCUT2D eigenvalue weighted by atomic mass is 35.5. The summed E-state index contributed by atoms with van der Waals surface area (Å²) in [5.74, 6) is -0.0343. The van der Waals surface area contributed by atoms with Crippen LogP contribution in [0.15, 0.2) is 43.0 Å². The normalized spacial score (nSPS) is 16.6. The van der Waals surface area contributed by atoms with E-state index in [1.165, 1.54) is 17.7 Å². The quantitative estimate of drug-likeness (QED) is 0.662. The summed E-state index contributed by atoms with van der Waals surface area (Å²) in [6.07, 6.45) is 3.73.